The van der Waals surface area contributed by atoms with E-state index in [-0.39, 0.29) is 0 Å². The average Bonchev–Trinajstić information content (AvgIpc) is 2.69. The van der Waals surface area contributed by atoms with Crippen molar-refractivity contribution in [1.29, 1.82) is 0 Å². The van der Waals surface area contributed by atoms with E-state index in [1.807, 2.05) is 0 Å². The van der Waals surface area contributed by atoms with Gasteiger partial charge >= 0.3 is 0 Å². The zero-order chi connectivity index (χ0) is 20.7. The molecule has 0 nitrogen and oxygen atoms in total. The second kappa shape index (κ2) is 23.0. The van der Waals surface area contributed by atoms with E-state index >= 15 is 0 Å². The summed E-state index contributed by atoms with van der Waals surface area (Å²) in [6, 6.07) is 0. The van der Waals surface area contributed by atoms with E-state index in [2.05, 4.69) is 39.8 Å². The van der Waals surface area contributed by atoms with Crippen molar-refractivity contribution >= 4 is 0 Å². The molecule has 0 fully saturated rings. The monoisotopic (exact) mass is 392 g/mol. The Balaban J connectivity index is 3.27. The largest absolute Gasteiger partial charge is 0.0917 e. The van der Waals surface area contributed by atoms with Crippen molar-refractivity contribution in [2.75, 3.05) is 0 Å². The summed E-state index contributed by atoms with van der Waals surface area (Å²) in [5.74, 6) is 1.92. The Morgan fingerprint density at radius 2 is 0.857 bits per heavy atom. The number of rotatable bonds is 22. The van der Waals surface area contributed by atoms with Crippen molar-refractivity contribution in [3.05, 3.63) is 12.2 Å². The van der Waals surface area contributed by atoms with Crippen LogP contribution in [0.2, 0.25) is 0 Å². The van der Waals surface area contributed by atoms with Crippen LogP contribution in [0, 0.1) is 11.8 Å². The summed E-state index contributed by atoms with van der Waals surface area (Å²) in [5, 5.41) is 0. The van der Waals surface area contributed by atoms with Gasteiger partial charge in [0.15, 0.2) is 0 Å². The molecule has 0 radical (unpaired) electrons. The SMILES string of the molecule is CC=CCCCCCCCCCC(C)CCCCCC(C)CCCCCCC. The van der Waals surface area contributed by atoms with Gasteiger partial charge < -0.3 is 0 Å². The summed E-state index contributed by atoms with van der Waals surface area (Å²) in [6.45, 7) is 9.39. The molecule has 0 heteroatoms. The van der Waals surface area contributed by atoms with Gasteiger partial charge in [0.1, 0.15) is 0 Å². The summed E-state index contributed by atoms with van der Waals surface area (Å²) >= 11 is 0. The molecule has 0 N–H and O–H groups in total. The highest BCUT2D eigenvalue weighted by atomic mass is 14.1. The Morgan fingerprint density at radius 1 is 0.500 bits per heavy atom. The fourth-order valence-corrected chi connectivity index (χ4v) is 4.35. The maximum Gasteiger partial charge on any atom is -0.0351 e. The third-order valence-electron chi connectivity index (χ3n) is 6.50. The molecule has 0 amide bonds. The van der Waals surface area contributed by atoms with Gasteiger partial charge in [-0.25, -0.2) is 0 Å². The number of hydrogen-bond donors (Lipinski definition) is 0. The smallest absolute Gasteiger partial charge is 0.0351 e. The van der Waals surface area contributed by atoms with Crippen LogP contribution in [0.5, 0.6) is 0 Å². The Bertz CT molecular complexity index is 303. The van der Waals surface area contributed by atoms with Crippen LogP contribution in [0.1, 0.15) is 156 Å². The number of hydrogen-bond acceptors (Lipinski definition) is 0. The van der Waals surface area contributed by atoms with Crippen molar-refractivity contribution in [3.63, 3.8) is 0 Å². The average molecular weight is 393 g/mol. The van der Waals surface area contributed by atoms with Gasteiger partial charge in [-0.3, -0.25) is 0 Å². The quantitative estimate of drug-likeness (QED) is 0.127. The van der Waals surface area contributed by atoms with E-state index in [0.717, 1.165) is 11.8 Å². The first-order valence-electron chi connectivity index (χ1n) is 13.3. The fraction of sp³-hybridized carbons (Fsp3) is 0.929. The van der Waals surface area contributed by atoms with Crippen LogP contribution < -0.4 is 0 Å². The molecule has 0 aromatic rings. The molecule has 2 atom stereocenters. The van der Waals surface area contributed by atoms with Crippen LogP contribution in [0.15, 0.2) is 12.2 Å². The minimum Gasteiger partial charge on any atom is -0.0917 e. The Labute approximate surface area is 180 Å². The summed E-state index contributed by atoms with van der Waals surface area (Å²) in [5.41, 5.74) is 0. The summed E-state index contributed by atoms with van der Waals surface area (Å²) in [4.78, 5) is 0. The maximum atomic E-state index is 2.49. The molecule has 2 unspecified atom stereocenters. The standard InChI is InChI=1S/C28H56/c1-5-7-9-11-12-13-14-15-17-20-24-28(4)26-22-18-21-25-27(3)23-19-16-10-8-6-2/h5,7,27-28H,6,8-26H2,1-4H3. The first-order valence-corrected chi connectivity index (χ1v) is 13.3. The zero-order valence-corrected chi connectivity index (χ0v) is 20.5. The third kappa shape index (κ3) is 22.0. The molecule has 0 aliphatic carbocycles. The minimum absolute atomic E-state index is 0.955. The highest BCUT2D eigenvalue weighted by Crippen LogP contribution is 2.21. The molecule has 0 aliphatic heterocycles. The molecular weight excluding hydrogens is 336 g/mol. The lowest BCUT2D eigenvalue weighted by Gasteiger charge is -2.13. The molecule has 0 aliphatic rings. The lowest BCUT2D eigenvalue weighted by Crippen LogP contribution is -1.97. The number of unbranched alkanes of at least 4 members (excludes halogenated alkanes) is 13. The first-order chi connectivity index (χ1) is 13.7. The normalized spacial score (nSPS) is 14.0. The van der Waals surface area contributed by atoms with Crippen LogP contribution >= 0.6 is 0 Å². The molecular formula is C28H56. The Hall–Kier alpha value is -0.260. The van der Waals surface area contributed by atoms with Crippen LogP contribution in [0.3, 0.4) is 0 Å². The lowest BCUT2D eigenvalue weighted by molar-refractivity contribution is 0.408. The number of allylic oxidation sites excluding steroid dienone is 2. The van der Waals surface area contributed by atoms with Gasteiger partial charge in [-0.15, -0.1) is 0 Å². The second-order valence-corrected chi connectivity index (χ2v) is 9.67. The molecule has 0 aromatic carbocycles. The predicted octanol–water partition coefficient (Wildman–Crippen LogP) is 10.7. The van der Waals surface area contributed by atoms with Gasteiger partial charge in [-0.1, -0.05) is 148 Å². The molecule has 0 heterocycles. The van der Waals surface area contributed by atoms with Gasteiger partial charge in [-0.05, 0) is 31.6 Å². The Kier molecular flexibility index (Phi) is 22.8. The molecule has 0 bridgehead atoms. The van der Waals surface area contributed by atoms with Gasteiger partial charge in [0.05, 0.1) is 0 Å². The predicted molar refractivity (Wildman–Crippen MR) is 131 cm³/mol. The molecule has 28 heavy (non-hydrogen) atoms. The van der Waals surface area contributed by atoms with E-state index in [1.54, 1.807) is 0 Å². The fourth-order valence-electron chi connectivity index (χ4n) is 4.35. The van der Waals surface area contributed by atoms with E-state index in [4.69, 9.17) is 0 Å². The second-order valence-electron chi connectivity index (χ2n) is 9.67. The van der Waals surface area contributed by atoms with Crippen LogP contribution in [0.25, 0.3) is 0 Å². The van der Waals surface area contributed by atoms with Gasteiger partial charge in [0.2, 0.25) is 0 Å². The molecule has 0 rings (SSSR count). The molecule has 0 saturated carbocycles. The van der Waals surface area contributed by atoms with Gasteiger partial charge in [-0.2, -0.15) is 0 Å². The van der Waals surface area contributed by atoms with Crippen LogP contribution in [-0.2, 0) is 0 Å². The summed E-state index contributed by atoms with van der Waals surface area (Å²) in [6.07, 6.45) is 33.4. The summed E-state index contributed by atoms with van der Waals surface area (Å²) in [7, 11) is 0. The first kappa shape index (κ1) is 27.7. The van der Waals surface area contributed by atoms with Crippen LogP contribution in [0.4, 0.5) is 0 Å². The molecule has 0 aromatic heterocycles. The topological polar surface area (TPSA) is 0 Å². The van der Waals surface area contributed by atoms with E-state index < -0.39 is 0 Å². The van der Waals surface area contributed by atoms with Crippen LogP contribution in [-0.4, -0.2) is 0 Å². The molecule has 0 spiro atoms. The Morgan fingerprint density at radius 3 is 1.29 bits per heavy atom. The van der Waals surface area contributed by atoms with Crippen molar-refractivity contribution < 1.29 is 0 Å². The van der Waals surface area contributed by atoms with E-state index in [9.17, 15) is 0 Å². The molecule has 168 valence electrons. The van der Waals surface area contributed by atoms with Crippen molar-refractivity contribution in [3.8, 4) is 0 Å². The zero-order valence-electron chi connectivity index (χ0n) is 20.5. The summed E-state index contributed by atoms with van der Waals surface area (Å²) < 4.78 is 0. The van der Waals surface area contributed by atoms with E-state index in [1.165, 1.54) is 128 Å². The highest BCUT2D eigenvalue weighted by molar-refractivity contribution is 4.76. The van der Waals surface area contributed by atoms with Gasteiger partial charge in [0.25, 0.3) is 0 Å². The minimum atomic E-state index is 0.955. The van der Waals surface area contributed by atoms with Crippen molar-refractivity contribution in [1.82, 2.24) is 0 Å². The molecule has 0 saturated heterocycles. The third-order valence-corrected chi connectivity index (χ3v) is 6.50. The van der Waals surface area contributed by atoms with Crippen molar-refractivity contribution in [2.24, 2.45) is 11.8 Å². The lowest BCUT2D eigenvalue weighted by atomic mass is 9.93. The van der Waals surface area contributed by atoms with E-state index in [0.29, 0.717) is 0 Å². The maximum absolute atomic E-state index is 2.49. The highest BCUT2D eigenvalue weighted by Gasteiger charge is 2.04. The van der Waals surface area contributed by atoms with Gasteiger partial charge in [0, 0.05) is 0 Å². The van der Waals surface area contributed by atoms with Crippen molar-refractivity contribution in [2.45, 2.75) is 156 Å².